The predicted molar refractivity (Wildman–Crippen MR) is 133 cm³/mol. The molecule has 2 unspecified atom stereocenters. The van der Waals surface area contributed by atoms with Gasteiger partial charge in [0.2, 0.25) is 5.60 Å². The first-order valence-electron chi connectivity index (χ1n) is 11.6. The average molecular weight is 481 g/mol. The second-order valence-corrected chi connectivity index (χ2v) is 9.12. The Morgan fingerprint density at radius 3 is 2.43 bits per heavy atom. The van der Waals surface area contributed by atoms with Crippen molar-refractivity contribution in [3.05, 3.63) is 65.7 Å². The zero-order chi connectivity index (χ0) is 25.4. The van der Waals surface area contributed by atoms with Crippen LogP contribution in [0.15, 0.2) is 59.8 Å². The molecule has 4 N–H and O–H groups in total. The van der Waals surface area contributed by atoms with Gasteiger partial charge in [-0.1, -0.05) is 49.3 Å². The third-order valence-corrected chi connectivity index (χ3v) is 5.79. The topological polar surface area (TPSA) is 129 Å². The summed E-state index contributed by atoms with van der Waals surface area (Å²) < 4.78 is 5.11. The third-order valence-electron chi connectivity index (χ3n) is 5.79. The first-order valence-corrected chi connectivity index (χ1v) is 11.6. The summed E-state index contributed by atoms with van der Waals surface area (Å²) in [7, 11) is -0.155. The molecule has 2 atom stereocenters. The molecular formula is C25H32BN3O6. The van der Waals surface area contributed by atoms with Crippen LogP contribution in [0.1, 0.15) is 42.6 Å². The Balaban J connectivity index is 1.70. The molecule has 2 amide bonds. The number of carbonyl (C=O) groups excluding carboxylic acids is 2. The van der Waals surface area contributed by atoms with Crippen LogP contribution < -0.4 is 15.4 Å². The Kier molecular flexibility index (Phi) is 8.89. The van der Waals surface area contributed by atoms with Gasteiger partial charge in [-0.15, -0.1) is 0 Å². The maximum Gasteiger partial charge on any atom is 0.475 e. The summed E-state index contributed by atoms with van der Waals surface area (Å²) in [6, 6.07) is 16.1. The Morgan fingerprint density at radius 2 is 1.83 bits per heavy atom. The number of methoxy groups -OCH3 is 1. The van der Waals surface area contributed by atoms with Gasteiger partial charge in [0, 0.05) is 18.4 Å². The van der Waals surface area contributed by atoms with E-state index >= 15 is 0 Å². The first kappa shape index (κ1) is 26.2. The van der Waals surface area contributed by atoms with Crippen molar-refractivity contribution < 1.29 is 29.2 Å². The molecule has 9 nitrogen and oxygen atoms in total. The van der Waals surface area contributed by atoms with Gasteiger partial charge in [0.05, 0.1) is 25.3 Å². The van der Waals surface area contributed by atoms with Gasteiger partial charge in [0.15, 0.2) is 0 Å². The maximum atomic E-state index is 13.4. The zero-order valence-electron chi connectivity index (χ0n) is 20.2. The van der Waals surface area contributed by atoms with Crippen molar-refractivity contribution in [1.29, 1.82) is 0 Å². The highest BCUT2D eigenvalue weighted by Gasteiger charge is 2.48. The monoisotopic (exact) mass is 481 g/mol. The number of benzene rings is 2. The quantitative estimate of drug-likeness (QED) is 0.362. The number of ether oxygens (including phenoxy) is 1. The van der Waals surface area contributed by atoms with Gasteiger partial charge in [-0.25, -0.2) is 0 Å². The number of rotatable bonds is 11. The smallest absolute Gasteiger partial charge is 0.475 e. The van der Waals surface area contributed by atoms with E-state index in [4.69, 9.17) is 9.57 Å². The minimum absolute atomic E-state index is 0.104. The summed E-state index contributed by atoms with van der Waals surface area (Å²) in [5.41, 5.74) is 0.465. The van der Waals surface area contributed by atoms with Gasteiger partial charge in [-0.3, -0.25) is 9.59 Å². The van der Waals surface area contributed by atoms with Crippen LogP contribution in [-0.4, -0.2) is 59.9 Å². The van der Waals surface area contributed by atoms with Crippen LogP contribution in [0.4, 0.5) is 0 Å². The van der Waals surface area contributed by atoms with Crippen LogP contribution in [0, 0.1) is 5.92 Å². The van der Waals surface area contributed by atoms with Crippen LogP contribution in [0.2, 0.25) is 0 Å². The Morgan fingerprint density at radius 1 is 1.14 bits per heavy atom. The molecule has 0 radical (unpaired) electrons. The van der Waals surface area contributed by atoms with E-state index in [1.165, 1.54) is 0 Å². The minimum Gasteiger partial charge on any atom is -0.497 e. The highest BCUT2D eigenvalue weighted by Crippen LogP contribution is 2.29. The third kappa shape index (κ3) is 7.06. The minimum atomic E-state index is -1.71. The van der Waals surface area contributed by atoms with Crippen molar-refractivity contribution in [1.82, 2.24) is 10.6 Å². The van der Waals surface area contributed by atoms with Crippen LogP contribution in [-0.2, 0) is 16.1 Å². The molecule has 186 valence electrons. The Labute approximate surface area is 205 Å². The lowest BCUT2D eigenvalue weighted by molar-refractivity contribution is -0.144. The van der Waals surface area contributed by atoms with E-state index in [1.54, 1.807) is 31.4 Å². The van der Waals surface area contributed by atoms with Gasteiger partial charge in [0.1, 0.15) is 5.75 Å². The fourth-order valence-corrected chi connectivity index (χ4v) is 3.95. The van der Waals surface area contributed by atoms with Gasteiger partial charge in [-0.05, 0) is 42.2 Å². The normalized spacial score (nSPS) is 17.8. The first-order chi connectivity index (χ1) is 16.7. The predicted octanol–water partition coefficient (Wildman–Crippen LogP) is 1.73. The van der Waals surface area contributed by atoms with E-state index < -0.39 is 24.6 Å². The number of nitrogens with zero attached hydrogens (tertiary/aromatic N) is 1. The number of nitrogens with one attached hydrogen (secondary N) is 2. The molecule has 0 fully saturated rings. The lowest BCUT2D eigenvalue weighted by Gasteiger charge is -2.29. The van der Waals surface area contributed by atoms with E-state index in [0.717, 1.165) is 5.56 Å². The second kappa shape index (κ2) is 11.9. The molecule has 10 heteroatoms. The summed E-state index contributed by atoms with van der Waals surface area (Å²) >= 11 is 0. The van der Waals surface area contributed by atoms with Gasteiger partial charge >= 0.3 is 7.12 Å². The van der Waals surface area contributed by atoms with Crippen LogP contribution in [0.3, 0.4) is 0 Å². The van der Waals surface area contributed by atoms with Crippen molar-refractivity contribution in [2.45, 2.75) is 44.7 Å². The number of hydrogen-bond acceptors (Lipinski definition) is 7. The number of amides is 2. The molecule has 2 aromatic rings. The standard InChI is InChI=1S/C25H32BN3O6/c1-17(2)13-22(26(32)33)28-24(31)25(14-18-7-5-4-6-8-18)15-20(29-35-25)16-27-23(30)19-9-11-21(34-3)12-10-19/h4-12,17,22,32-33H,13-16H2,1-3H3,(H,27,30)(H,28,31). The van der Waals surface area contributed by atoms with E-state index in [-0.39, 0.29) is 31.2 Å². The van der Waals surface area contributed by atoms with Gasteiger partial charge in [0.25, 0.3) is 11.8 Å². The number of hydrogen-bond donors (Lipinski definition) is 4. The van der Waals surface area contributed by atoms with Crippen molar-refractivity contribution in [3.63, 3.8) is 0 Å². The zero-order valence-corrected chi connectivity index (χ0v) is 20.2. The number of carbonyl (C=O) groups is 2. The van der Waals surface area contributed by atoms with Gasteiger partial charge < -0.3 is 30.3 Å². The SMILES string of the molecule is COc1ccc(C(=O)NCC2=NOC(Cc3ccccc3)(C(=O)NC(CC(C)C)B(O)O)C2)cc1. The molecule has 0 saturated carbocycles. The number of oxime groups is 1. The maximum absolute atomic E-state index is 13.4. The largest absolute Gasteiger partial charge is 0.497 e. The highest BCUT2D eigenvalue weighted by atomic mass is 16.7. The lowest BCUT2D eigenvalue weighted by atomic mass is 9.74. The molecule has 2 aromatic carbocycles. The molecule has 0 aromatic heterocycles. The van der Waals surface area contributed by atoms with E-state index in [1.807, 2.05) is 44.2 Å². The molecule has 0 saturated heterocycles. The Hall–Kier alpha value is -3.37. The van der Waals surface area contributed by atoms with Crippen molar-refractivity contribution in [3.8, 4) is 5.75 Å². The van der Waals surface area contributed by atoms with Crippen LogP contribution in [0.5, 0.6) is 5.75 Å². The van der Waals surface area contributed by atoms with Crippen molar-refractivity contribution in [2.75, 3.05) is 13.7 Å². The van der Waals surface area contributed by atoms with Gasteiger partial charge in [-0.2, -0.15) is 0 Å². The van der Waals surface area contributed by atoms with Crippen LogP contribution in [0.25, 0.3) is 0 Å². The molecule has 0 spiro atoms. The fraction of sp³-hybridized carbons (Fsp3) is 0.400. The molecule has 1 aliphatic rings. The highest BCUT2D eigenvalue weighted by molar-refractivity contribution is 6.43. The summed E-state index contributed by atoms with van der Waals surface area (Å²) in [6.45, 7) is 3.97. The Bertz CT molecular complexity index is 1030. The molecule has 35 heavy (non-hydrogen) atoms. The summed E-state index contributed by atoms with van der Waals surface area (Å²) in [5.74, 6) is -0.842. The molecule has 0 aliphatic carbocycles. The van der Waals surface area contributed by atoms with Crippen molar-refractivity contribution >= 4 is 24.6 Å². The fourth-order valence-electron chi connectivity index (χ4n) is 3.95. The molecule has 1 heterocycles. The summed E-state index contributed by atoms with van der Waals surface area (Å²) in [6.07, 6.45) is 0.762. The average Bonchev–Trinajstić information content (AvgIpc) is 3.26. The van der Waals surface area contributed by atoms with E-state index in [9.17, 15) is 19.6 Å². The summed E-state index contributed by atoms with van der Waals surface area (Å²) in [5, 5.41) is 29.2. The van der Waals surface area contributed by atoms with E-state index in [2.05, 4.69) is 15.8 Å². The second-order valence-electron chi connectivity index (χ2n) is 9.12. The van der Waals surface area contributed by atoms with Crippen molar-refractivity contribution in [2.24, 2.45) is 11.1 Å². The molecular weight excluding hydrogens is 449 g/mol. The molecule has 3 rings (SSSR count). The molecule has 0 bridgehead atoms. The van der Waals surface area contributed by atoms with E-state index in [0.29, 0.717) is 23.4 Å². The lowest BCUT2D eigenvalue weighted by Crippen LogP contribution is -2.56. The van der Waals surface area contributed by atoms with Crippen LogP contribution >= 0.6 is 0 Å². The summed E-state index contributed by atoms with van der Waals surface area (Å²) in [4.78, 5) is 31.6. The molecule has 1 aliphatic heterocycles.